The molecule has 4 heteroatoms. The number of nitrogens with zero attached hydrogens (tertiary/aromatic N) is 2. The van der Waals surface area contributed by atoms with Gasteiger partial charge in [-0.05, 0) is 12.8 Å². The summed E-state index contributed by atoms with van der Waals surface area (Å²) in [5.74, 6) is 0.362. The fraction of sp³-hybridized carbons (Fsp3) is 0.714. The summed E-state index contributed by atoms with van der Waals surface area (Å²) in [6.45, 7) is 5.92. The van der Waals surface area contributed by atoms with Crippen LogP contribution in [0.4, 0.5) is 0 Å². The van der Waals surface area contributed by atoms with Crippen LogP contribution in [-0.4, -0.2) is 10.3 Å². The lowest BCUT2D eigenvalue weighted by Crippen LogP contribution is -2.17. The van der Waals surface area contributed by atoms with Gasteiger partial charge in [0.05, 0.1) is 6.04 Å². The third-order valence-corrected chi connectivity index (χ3v) is 1.72. The molecule has 4 nitrogen and oxygen atoms in total. The quantitative estimate of drug-likeness (QED) is 0.692. The first-order valence-corrected chi connectivity index (χ1v) is 3.67. The Morgan fingerprint density at radius 1 is 1.36 bits per heavy atom. The van der Waals surface area contributed by atoms with Crippen molar-refractivity contribution in [2.24, 2.45) is 11.7 Å². The van der Waals surface area contributed by atoms with Crippen LogP contribution in [0.15, 0.2) is 4.63 Å². The predicted molar refractivity (Wildman–Crippen MR) is 40.8 cm³/mol. The van der Waals surface area contributed by atoms with Crippen LogP contribution in [0.5, 0.6) is 0 Å². The second-order valence-corrected chi connectivity index (χ2v) is 3.00. The van der Waals surface area contributed by atoms with Crippen molar-refractivity contribution in [3.8, 4) is 0 Å². The lowest BCUT2D eigenvalue weighted by Gasteiger charge is -2.11. The maximum Gasteiger partial charge on any atom is 0.125 e. The van der Waals surface area contributed by atoms with E-state index in [4.69, 9.17) is 5.73 Å². The van der Waals surface area contributed by atoms with Gasteiger partial charge in [-0.1, -0.05) is 24.2 Å². The minimum absolute atomic E-state index is 0.0683. The first-order valence-electron chi connectivity index (χ1n) is 3.67. The summed E-state index contributed by atoms with van der Waals surface area (Å²) in [5, 5.41) is 7.38. The Labute approximate surface area is 65.7 Å². The van der Waals surface area contributed by atoms with Crippen LogP contribution >= 0.6 is 0 Å². The Bertz CT molecular complexity index is 231. The van der Waals surface area contributed by atoms with Gasteiger partial charge >= 0.3 is 0 Å². The summed E-state index contributed by atoms with van der Waals surface area (Å²) in [6.07, 6.45) is 0. The lowest BCUT2D eigenvalue weighted by molar-refractivity contribution is 0.296. The molecule has 1 atom stereocenters. The van der Waals surface area contributed by atoms with Gasteiger partial charge in [0.1, 0.15) is 11.4 Å². The van der Waals surface area contributed by atoms with Crippen molar-refractivity contribution in [2.75, 3.05) is 0 Å². The Kier molecular flexibility index (Phi) is 2.24. The van der Waals surface area contributed by atoms with Gasteiger partial charge in [0.2, 0.25) is 0 Å². The normalized spacial score (nSPS) is 13.9. The molecular formula is C7H13N3O. The number of hydrogen-bond donors (Lipinski definition) is 1. The molecule has 1 unspecified atom stereocenters. The number of hydrogen-bond acceptors (Lipinski definition) is 4. The zero-order valence-electron chi connectivity index (χ0n) is 7.03. The highest BCUT2D eigenvalue weighted by Crippen LogP contribution is 2.18. The SMILES string of the molecule is Cc1nonc1C(N)C(C)C. The van der Waals surface area contributed by atoms with E-state index in [-0.39, 0.29) is 6.04 Å². The molecule has 1 heterocycles. The number of nitrogens with two attached hydrogens (primary N) is 1. The maximum absolute atomic E-state index is 5.82. The van der Waals surface area contributed by atoms with Crippen molar-refractivity contribution in [1.82, 2.24) is 10.3 Å². The molecule has 0 aliphatic rings. The Morgan fingerprint density at radius 2 is 2.00 bits per heavy atom. The summed E-state index contributed by atoms with van der Waals surface area (Å²) >= 11 is 0. The second kappa shape index (κ2) is 3.00. The second-order valence-electron chi connectivity index (χ2n) is 3.00. The van der Waals surface area contributed by atoms with E-state index in [1.54, 1.807) is 0 Å². The van der Waals surface area contributed by atoms with Crippen molar-refractivity contribution in [1.29, 1.82) is 0 Å². The van der Waals surface area contributed by atoms with E-state index in [0.717, 1.165) is 11.4 Å². The van der Waals surface area contributed by atoms with Gasteiger partial charge in [0.15, 0.2) is 0 Å². The number of rotatable bonds is 2. The van der Waals surface area contributed by atoms with Crippen molar-refractivity contribution in [2.45, 2.75) is 26.8 Å². The van der Waals surface area contributed by atoms with Crippen LogP contribution in [0, 0.1) is 12.8 Å². The van der Waals surface area contributed by atoms with Gasteiger partial charge in [0.25, 0.3) is 0 Å². The van der Waals surface area contributed by atoms with Crippen LogP contribution in [-0.2, 0) is 0 Å². The molecule has 0 fully saturated rings. The molecule has 1 aromatic rings. The van der Waals surface area contributed by atoms with Crippen LogP contribution in [0.3, 0.4) is 0 Å². The average molecular weight is 155 g/mol. The molecule has 2 N–H and O–H groups in total. The fourth-order valence-electron chi connectivity index (χ4n) is 0.856. The van der Waals surface area contributed by atoms with Crippen LogP contribution < -0.4 is 5.73 Å². The highest BCUT2D eigenvalue weighted by molar-refractivity contribution is 5.10. The first kappa shape index (κ1) is 8.20. The molecule has 0 saturated carbocycles. The van der Waals surface area contributed by atoms with Gasteiger partial charge in [-0.3, -0.25) is 0 Å². The molecular weight excluding hydrogens is 142 g/mol. The molecule has 0 bridgehead atoms. The van der Waals surface area contributed by atoms with E-state index in [1.807, 2.05) is 20.8 Å². The van der Waals surface area contributed by atoms with E-state index >= 15 is 0 Å². The monoisotopic (exact) mass is 155 g/mol. The zero-order valence-corrected chi connectivity index (χ0v) is 7.03. The van der Waals surface area contributed by atoms with Gasteiger partial charge in [-0.25, -0.2) is 4.63 Å². The van der Waals surface area contributed by atoms with Crippen LogP contribution in [0.25, 0.3) is 0 Å². The summed E-state index contributed by atoms with van der Waals surface area (Å²) < 4.78 is 4.54. The molecule has 62 valence electrons. The summed E-state index contributed by atoms with van der Waals surface area (Å²) in [5.41, 5.74) is 7.37. The van der Waals surface area contributed by atoms with E-state index in [9.17, 15) is 0 Å². The molecule has 0 saturated heterocycles. The molecule has 0 aromatic carbocycles. The molecule has 0 aliphatic heterocycles. The molecule has 0 aliphatic carbocycles. The van der Waals surface area contributed by atoms with Gasteiger partial charge < -0.3 is 5.73 Å². The zero-order chi connectivity index (χ0) is 8.43. The summed E-state index contributed by atoms with van der Waals surface area (Å²) in [6, 6.07) is -0.0683. The predicted octanol–water partition coefficient (Wildman–Crippen LogP) is 1.03. The van der Waals surface area contributed by atoms with Crippen molar-refractivity contribution in [3.05, 3.63) is 11.4 Å². The summed E-state index contributed by atoms with van der Waals surface area (Å²) in [4.78, 5) is 0. The highest BCUT2D eigenvalue weighted by Gasteiger charge is 2.17. The summed E-state index contributed by atoms with van der Waals surface area (Å²) in [7, 11) is 0. The standard InChI is InChI=1S/C7H13N3O/c1-4(2)6(8)7-5(3)9-11-10-7/h4,6H,8H2,1-3H3. The van der Waals surface area contributed by atoms with Crippen LogP contribution in [0.1, 0.15) is 31.3 Å². The molecule has 0 amide bonds. The maximum atomic E-state index is 5.82. The van der Waals surface area contributed by atoms with Gasteiger partial charge in [-0.2, -0.15) is 0 Å². The van der Waals surface area contributed by atoms with Crippen LogP contribution in [0.2, 0.25) is 0 Å². The number of aromatic nitrogens is 2. The topological polar surface area (TPSA) is 64.9 Å². The molecule has 0 spiro atoms. The van der Waals surface area contributed by atoms with E-state index < -0.39 is 0 Å². The first-order chi connectivity index (χ1) is 5.13. The van der Waals surface area contributed by atoms with E-state index in [0.29, 0.717) is 5.92 Å². The molecule has 11 heavy (non-hydrogen) atoms. The minimum Gasteiger partial charge on any atom is -0.322 e. The van der Waals surface area contributed by atoms with E-state index in [2.05, 4.69) is 14.9 Å². The van der Waals surface area contributed by atoms with E-state index in [1.165, 1.54) is 0 Å². The third-order valence-electron chi connectivity index (χ3n) is 1.72. The highest BCUT2D eigenvalue weighted by atomic mass is 16.6. The van der Waals surface area contributed by atoms with Gasteiger partial charge in [-0.15, -0.1) is 0 Å². The largest absolute Gasteiger partial charge is 0.322 e. The Balaban J connectivity index is 2.84. The van der Waals surface area contributed by atoms with Crippen molar-refractivity contribution < 1.29 is 4.63 Å². The van der Waals surface area contributed by atoms with Gasteiger partial charge in [0, 0.05) is 0 Å². The average Bonchev–Trinajstić information content (AvgIpc) is 2.33. The lowest BCUT2D eigenvalue weighted by atomic mass is 10.0. The third kappa shape index (κ3) is 1.57. The minimum atomic E-state index is -0.0683. The Morgan fingerprint density at radius 3 is 2.36 bits per heavy atom. The molecule has 1 aromatic heterocycles. The van der Waals surface area contributed by atoms with Crippen molar-refractivity contribution in [3.63, 3.8) is 0 Å². The number of aryl methyl sites for hydroxylation is 1. The fourth-order valence-corrected chi connectivity index (χ4v) is 0.856. The molecule has 0 radical (unpaired) electrons. The van der Waals surface area contributed by atoms with Crippen molar-refractivity contribution >= 4 is 0 Å². The smallest absolute Gasteiger partial charge is 0.125 e. The Hall–Kier alpha value is -0.900. The molecule has 1 rings (SSSR count).